The van der Waals surface area contributed by atoms with Crippen molar-refractivity contribution >= 4 is 21.9 Å². The minimum absolute atomic E-state index is 0.0913. The molecule has 2 heterocycles. The number of nitrogens with zero attached hydrogens (tertiary/aromatic N) is 1. The first-order valence-corrected chi connectivity index (χ1v) is 7.41. The highest BCUT2D eigenvalue weighted by atomic mass is 79.9. The Morgan fingerprint density at radius 3 is 2.86 bits per heavy atom. The second-order valence-electron chi connectivity index (χ2n) is 5.13. The number of hydrogen-bond donors (Lipinski definition) is 0. The molecule has 114 valence electrons. The van der Waals surface area contributed by atoms with Crippen molar-refractivity contribution < 1.29 is 24.1 Å². The van der Waals surface area contributed by atoms with E-state index in [1.165, 1.54) is 0 Å². The molecule has 2 aliphatic rings. The minimum Gasteiger partial charge on any atom is -0.550 e. The van der Waals surface area contributed by atoms with Crippen LogP contribution in [0.2, 0.25) is 0 Å². The van der Waals surface area contributed by atoms with Crippen LogP contribution >= 0.6 is 15.9 Å². The summed E-state index contributed by atoms with van der Waals surface area (Å²) in [4.78, 5) is 13.1. The fraction of sp³-hybridized carbons (Fsp3) is 0.500. The van der Waals surface area contributed by atoms with Gasteiger partial charge in [0.15, 0.2) is 11.5 Å². The lowest BCUT2D eigenvalue weighted by molar-refractivity contribution is -0.307. The number of halogens is 1. The monoisotopic (exact) mass is 356 g/mol. The quantitative estimate of drug-likeness (QED) is 0.799. The molecule has 21 heavy (non-hydrogen) atoms. The number of carboxylic acids is 1. The first-order valence-electron chi connectivity index (χ1n) is 6.62. The zero-order valence-electron chi connectivity index (χ0n) is 11.8. The smallest absolute Gasteiger partial charge is 0.231 e. The molecule has 1 aromatic carbocycles. The summed E-state index contributed by atoms with van der Waals surface area (Å²) in [7, 11) is 3.45. The van der Waals surface area contributed by atoms with E-state index < -0.39 is 5.97 Å². The van der Waals surface area contributed by atoms with E-state index in [0.717, 1.165) is 28.6 Å². The number of ether oxygens (including phenoxy) is 3. The Labute approximate surface area is 130 Å². The van der Waals surface area contributed by atoms with Crippen molar-refractivity contribution in [2.24, 2.45) is 0 Å². The van der Waals surface area contributed by atoms with Crippen LogP contribution in [0.5, 0.6) is 17.2 Å². The molecule has 0 aromatic heterocycles. The van der Waals surface area contributed by atoms with Gasteiger partial charge < -0.3 is 24.1 Å². The SMILES string of the molecule is COc1c2c(c(Br)c3c1C(CC(=O)[O-])N(C)CC3)OCO2. The predicted molar refractivity (Wildman–Crippen MR) is 75.5 cm³/mol. The molecular weight excluding hydrogens is 342 g/mol. The summed E-state index contributed by atoms with van der Waals surface area (Å²) in [5, 5.41) is 11.1. The van der Waals surface area contributed by atoms with E-state index in [-0.39, 0.29) is 19.3 Å². The van der Waals surface area contributed by atoms with Crippen LogP contribution < -0.4 is 19.3 Å². The number of carboxylic acid groups (broad SMARTS) is 1. The zero-order chi connectivity index (χ0) is 15.1. The van der Waals surface area contributed by atoms with Gasteiger partial charge in [0.05, 0.1) is 11.6 Å². The third-order valence-electron chi connectivity index (χ3n) is 4.00. The Hall–Kier alpha value is -1.47. The average Bonchev–Trinajstić information content (AvgIpc) is 2.92. The third-order valence-corrected chi connectivity index (χ3v) is 4.84. The molecule has 0 aliphatic carbocycles. The molecule has 0 radical (unpaired) electrons. The molecular formula is C14H15BrNO5-. The van der Waals surface area contributed by atoms with E-state index in [1.807, 2.05) is 11.9 Å². The number of carbonyl (C=O) groups is 1. The number of fused-ring (bicyclic) bond motifs is 2. The second kappa shape index (κ2) is 5.38. The number of rotatable bonds is 3. The van der Waals surface area contributed by atoms with Crippen LogP contribution in [0.25, 0.3) is 0 Å². The topological polar surface area (TPSA) is 71.1 Å². The number of hydrogen-bond acceptors (Lipinski definition) is 6. The highest BCUT2D eigenvalue weighted by Crippen LogP contribution is 2.54. The van der Waals surface area contributed by atoms with Gasteiger partial charge in [-0.2, -0.15) is 0 Å². The standard InChI is InChI=1S/C14H16BrNO5/c1-16-4-3-7-10(8(16)5-9(17)18)12(19-2)14-13(11(7)15)20-6-21-14/h8H,3-6H2,1-2H3,(H,17,18)/p-1. The third kappa shape index (κ3) is 2.24. The molecule has 0 spiro atoms. The molecule has 0 saturated heterocycles. The largest absolute Gasteiger partial charge is 0.550 e. The van der Waals surface area contributed by atoms with Crippen LogP contribution in [0.3, 0.4) is 0 Å². The summed E-state index contributed by atoms with van der Waals surface area (Å²) < 4.78 is 17.3. The number of benzene rings is 1. The molecule has 0 saturated carbocycles. The molecule has 6 nitrogen and oxygen atoms in total. The summed E-state index contributed by atoms with van der Waals surface area (Å²) in [6, 6.07) is -0.306. The van der Waals surface area contributed by atoms with Crippen molar-refractivity contribution in [3.8, 4) is 17.2 Å². The highest BCUT2D eigenvalue weighted by molar-refractivity contribution is 9.10. The van der Waals surface area contributed by atoms with Crippen molar-refractivity contribution in [1.29, 1.82) is 0 Å². The Balaban J connectivity index is 2.22. The van der Waals surface area contributed by atoms with E-state index in [2.05, 4.69) is 15.9 Å². The first kappa shape index (κ1) is 14.5. The molecule has 1 aromatic rings. The molecule has 0 N–H and O–H groups in total. The number of methoxy groups -OCH3 is 1. The van der Waals surface area contributed by atoms with Crippen LogP contribution in [0.1, 0.15) is 23.6 Å². The van der Waals surface area contributed by atoms with Crippen LogP contribution in [0.15, 0.2) is 4.47 Å². The van der Waals surface area contributed by atoms with Gasteiger partial charge in [0.25, 0.3) is 0 Å². The van der Waals surface area contributed by atoms with Crippen LogP contribution in [0.4, 0.5) is 0 Å². The fourth-order valence-electron chi connectivity index (χ4n) is 3.00. The first-order chi connectivity index (χ1) is 10.0. The van der Waals surface area contributed by atoms with Crippen LogP contribution in [-0.4, -0.2) is 38.4 Å². The summed E-state index contributed by atoms with van der Waals surface area (Å²) in [6.07, 6.45) is 0.689. The normalized spacial score (nSPS) is 20.2. The molecule has 1 atom stereocenters. The molecule has 7 heteroatoms. The van der Waals surface area contributed by atoms with E-state index in [1.54, 1.807) is 7.11 Å². The number of carbonyl (C=O) groups excluding carboxylic acids is 1. The maximum absolute atomic E-state index is 11.1. The van der Waals surface area contributed by atoms with Gasteiger partial charge in [-0.1, -0.05) is 0 Å². The maximum atomic E-state index is 11.1. The fourth-order valence-corrected chi connectivity index (χ4v) is 3.71. The Morgan fingerprint density at radius 1 is 1.48 bits per heavy atom. The Kier molecular flexibility index (Phi) is 3.71. The maximum Gasteiger partial charge on any atom is 0.231 e. The summed E-state index contributed by atoms with van der Waals surface area (Å²) in [6.45, 7) is 0.889. The van der Waals surface area contributed by atoms with E-state index >= 15 is 0 Å². The predicted octanol–water partition coefficient (Wildman–Crippen LogP) is 0.855. The highest BCUT2D eigenvalue weighted by Gasteiger charge is 2.36. The average molecular weight is 357 g/mol. The van der Waals surface area contributed by atoms with Gasteiger partial charge in [-0.25, -0.2) is 0 Å². The van der Waals surface area contributed by atoms with Crippen molar-refractivity contribution in [3.05, 3.63) is 15.6 Å². The number of likely N-dealkylation sites (N-methyl/N-ethyl adjacent to an activating group) is 1. The van der Waals surface area contributed by atoms with E-state index in [0.29, 0.717) is 17.2 Å². The molecule has 0 amide bonds. The molecule has 0 bridgehead atoms. The Morgan fingerprint density at radius 2 is 2.19 bits per heavy atom. The Bertz CT molecular complexity index is 604. The van der Waals surface area contributed by atoms with Crippen molar-refractivity contribution in [1.82, 2.24) is 4.90 Å². The van der Waals surface area contributed by atoms with E-state index in [9.17, 15) is 9.90 Å². The van der Waals surface area contributed by atoms with Gasteiger partial charge in [0, 0.05) is 30.5 Å². The van der Waals surface area contributed by atoms with Gasteiger partial charge in [-0.15, -0.1) is 0 Å². The van der Waals surface area contributed by atoms with Crippen LogP contribution in [0, 0.1) is 0 Å². The summed E-state index contributed by atoms with van der Waals surface area (Å²) in [5.41, 5.74) is 1.85. The summed E-state index contributed by atoms with van der Waals surface area (Å²) in [5.74, 6) is 0.623. The lowest BCUT2D eigenvalue weighted by Crippen LogP contribution is -2.37. The van der Waals surface area contributed by atoms with Crippen LogP contribution in [-0.2, 0) is 11.2 Å². The lowest BCUT2D eigenvalue weighted by atomic mass is 9.89. The van der Waals surface area contributed by atoms with Gasteiger partial charge in [-0.3, -0.25) is 4.90 Å². The van der Waals surface area contributed by atoms with Crippen molar-refractivity contribution in [2.75, 3.05) is 27.5 Å². The molecule has 3 rings (SSSR count). The zero-order valence-corrected chi connectivity index (χ0v) is 13.4. The van der Waals surface area contributed by atoms with Crippen molar-refractivity contribution in [3.63, 3.8) is 0 Å². The van der Waals surface area contributed by atoms with Gasteiger partial charge in [-0.05, 0) is 35.0 Å². The van der Waals surface area contributed by atoms with Crippen molar-refractivity contribution in [2.45, 2.75) is 18.9 Å². The van der Waals surface area contributed by atoms with E-state index in [4.69, 9.17) is 14.2 Å². The minimum atomic E-state index is -1.09. The van der Waals surface area contributed by atoms with Gasteiger partial charge in [0.2, 0.25) is 12.5 Å². The molecule has 1 unspecified atom stereocenters. The van der Waals surface area contributed by atoms with Gasteiger partial charge >= 0.3 is 0 Å². The van der Waals surface area contributed by atoms with Gasteiger partial charge in [0.1, 0.15) is 0 Å². The summed E-state index contributed by atoms with van der Waals surface area (Å²) >= 11 is 3.55. The molecule has 2 aliphatic heterocycles. The number of aliphatic carboxylic acids is 1. The molecule has 0 fully saturated rings. The lowest BCUT2D eigenvalue weighted by Gasteiger charge is -2.36. The second-order valence-corrected chi connectivity index (χ2v) is 5.92.